The van der Waals surface area contributed by atoms with Gasteiger partial charge in [-0.3, -0.25) is 19.4 Å². The maximum atomic E-state index is 12.4. The van der Waals surface area contributed by atoms with Gasteiger partial charge < -0.3 is 10.2 Å². The first-order valence-corrected chi connectivity index (χ1v) is 9.74. The first kappa shape index (κ1) is 21.7. The normalized spacial score (nSPS) is 16.2. The quantitative estimate of drug-likeness (QED) is 0.799. The van der Waals surface area contributed by atoms with Crippen LogP contribution in [0.5, 0.6) is 0 Å². The second kappa shape index (κ2) is 9.53. The number of carbonyl (C=O) groups is 2. The molecule has 1 aliphatic rings. The van der Waals surface area contributed by atoms with E-state index in [0.717, 1.165) is 37.7 Å². The third-order valence-electron chi connectivity index (χ3n) is 4.46. The summed E-state index contributed by atoms with van der Waals surface area (Å²) in [5.74, 6) is -0.156. The zero-order valence-electron chi connectivity index (χ0n) is 16.8. The number of nitrogens with zero attached hydrogens (tertiary/aromatic N) is 3. The van der Waals surface area contributed by atoms with Gasteiger partial charge in [0.25, 0.3) is 0 Å². The van der Waals surface area contributed by atoms with E-state index < -0.39 is 0 Å². The lowest BCUT2D eigenvalue weighted by molar-refractivity contribution is -0.136. The largest absolute Gasteiger partial charge is 0.350 e. The standard InChI is InChI=1S/C20H31ClN4O2/c1-20(2,3)22-18(26)14-23(4)19(27)15-25-11-9-24(10-12-25)13-16-5-7-17(21)8-6-16/h5-8H,9-15H2,1-4H3,(H,22,26). The predicted octanol–water partition coefficient (Wildman–Crippen LogP) is 1.83. The maximum Gasteiger partial charge on any atom is 0.240 e. The number of hydrogen-bond donors (Lipinski definition) is 1. The lowest BCUT2D eigenvalue weighted by Gasteiger charge is -2.35. The molecule has 0 unspecified atom stereocenters. The molecule has 1 saturated heterocycles. The van der Waals surface area contributed by atoms with Gasteiger partial charge in [-0.2, -0.15) is 0 Å². The highest BCUT2D eigenvalue weighted by atomic mass is 35.5. The molecule has 1 aromatic rings. The highest BCUT2D eigenvalue weighted by Crippen LogP contribution is 2.13. The molecule has 0 radical (unpaired) electrons. The molecule has 6 nitrogen and oxygen atoms in total. The van der Waals surface area contributed by atoms with E-state index in [1.54, 1.807) is 7.05 Å². The highest BCUT2D eigenvalue weighted by molar-refractivity contribution is 6.30. The van der Waals surface area contributed by atoms with E-state index in [1.807, 2.05) is 32.9 Å². The van der Waals surface area contributed by atoms with Crippen LogP contribution in [-0.2, 0) is 16.1 Å². The summed E-state index contributed by atoms with van der Waals surface area (Å²) in [7, 11) is 1.68. The van der Waals surface area contributed by atoms with Crippen LogP contribution in [0.1, 0.15) is 26.3 Å². The molecule has 1 N–H and O–H groups in total. The number of amides is 2. The summed E-state index contributed by atoms with van der Waals surface area (Å²) in [4.78, 5) is 30.4. The molecule has 27 heavy (non-hydrogen) atoms. The van der Waals surface area contributed by atoms with Gasteiger partial charge in [0, 0.05) is 50.3 Å². The number of piperazine rings is 1. The van der Waals surface area contributed by atoms with Crippen LogP contribution in [0.2, 0.25) is 5.02 Å². The van der Waals surface area contributed by atoms with Gasteiger partial charge in [0.15, 0.2) is 0 Å². The van der Waals surface area contributed by atoms with Crippen LogP contribution >= 0.6 is 11.6 Å². The van der Waals surface area contributed by atoms with Crippen LogP contribution in [0.25, 0.3) is 0 Å². The maximum absolute atomic E-state index is 12.4. The summed E-state index contributed by atoms with van der Waals surface area (Å²) in [5, 5.41) is 3.63. The molecule has 0 aliphatic carbocycles. The number of halogens is 1. The van der Waals surface area contributed by atoms with E-state index >= 15 is 0 Å². The lowest BCUT2D eigenvalue weighted by atomic mass is 10.1. The van der Waals surface area contributed by atoms with E-state index in [0.29, 0.717) is 6.54 Å². The smallest absolute Gasteiger partial charge is 0.240 e. The summed E-state index contributed by atoms with van der Waals surface area (Å²) in [6, 6.07) is 7.93. The van der Waals surface area contributed by atoms with Gasteiger partial charge in [-0.05, 0) is 38.5 Å². The van der Waals surface area contributed by atoms with Crippen molar-refractivity contribution in [3.8, 4) is 0 Å². The Bertz CT molecular complexity index is 634. The average Bonchev–Trinajstić information content (AvgIpc) is 2.57. The van der Waals surface area contributed by atoms with Crippen LogP contribution in [0, 0.1) is 0 Å². The lowest BCUT2D eigenvalue weighted by Crippen LogP contribution is -2.51. The zero-order valence-corrected chi connectivity index (χ0v) is 17.6. The minimum Gasteiger partial charge on any atom is -0.350 e. The number of hydrogen-bond acceptors (Lipinski definition) is 4. The molecule has 0 spiro atoms. The highest BCUT2D eigenvalue weighted by Gasteiger charge is 2.22. The third kappa shape index (κ3) is 7.87. The molecule has 0 bridgehead atoms. The van der Waals surface area contributed by atoms with Crippen LogP contribution in [0.15, 0.2) is 24.3 Å². The molecule has 0 atom stereocenters. The van der Waals surface area contributed by atoms with Crippen LogP contribution in [0.3, 0.4) is 0 Å². The topological polar surface area (TPSA) is 55.9 Å². The fourth-order valence-corrected chi connectivity index (χ4v) is 3.15. The average molecular weight is 395 g/mol. The molecule has 150 valence electrons. The molecule has 1 heterocycles. The molecule has 2 amide bonds. The molecule has 7 heteroatoms. The van der Waals surface area contributed by atoms with Crippen molar-refractivity contribution in [3.05, 3.63) is 34.9 Å². The number of likely N-dealkylation sites (N-methyl/N-ethyl adjacent to an activating group) is 1. The van der Waals surface area contributed by atoms with Crippen molar-refractivity contribution in [2.24, 2.45) is 0 Å². The van der Waals surface area contributed by atoms with Gasteiger partial charge in [0.2, 0.25) is 11.8 Å². The SMILES string of the molecule is CN(CC(=O)NC(C)(C)C)C(=O)CN1CCN(Cc2ccc(Cl)cc2)CC1. The van der Waals surface area contributed by atoms with Gasteiger partial charge in [-0.25, -0.2) is 0 Å². The van der Waals surface area contributed by atoms with Crippen molar-refractivity contribution in [2.75, 3.05) is 46.3 Å². The molecule has 2 rings (SSSR count). The second-order valence-corrected chi connectivity index (χ2v) is 8.66. The minimum atomic E-state index is -0.290. The van der Waals surface area contributed by atoms with Gasteiger partial charge in [0.05, 0.1) is 13.1 Å². The molecule has 0 aromatic heterocycles. The summed E-state index contributed by atoms with van der Waals surface area (Å²) in [6.07, 6.45) is 0. The van der Waals surface area contributed by atoms with Crippen molar-refractivity contribution in [2.45, 2.75) is 32.9 Å². The molecule has 1 aliphatic heterocycles. The number of carbonyl (C=O) groups excluding carboxylic acids is 2. The van der Waals surface area contributed by atoms with Crippen molar-refractivity contribution >= 4 is 23.4 Å². The van der Waals surface area contributed by atoms with E-state index in [-0.39, 0.29) is 23.9 Å². The van der Waals surface area contributed by atoms with Gasteiger partial charge in [-0.1, -0.05) is 23.7 Å². The molecule has 1 fully saturated rings. The zero-order chi connectivity index (χ0) is 20.0. The number of rotatable bonds is 6. The molecular formula is C20H31ClN4O2. The van der Waals surface area contributed by atoms with E-state index in [4.69, 9.17) is 11.6 Å². The molecule has 1 aromatic carbocycles. The second-order valence-electron chi connectivity index (χ2n) is 8.23. The van der Waals surface area contributed by atoms with E-state index in [1.165, 1.54) is 10.5 Å². The van der Waals surface area contributed by atoms with Crippen molar-refractivity contribution in [3.63, 3.8) is 0 Å². The monoisotopic (exact) mass is 394 g/mol. The summed E-state index contributed by atoms with van der Waals surface area (Å²) < 4.78 is 0. The van der Waals surface area contributed by atoms with Crippen LogP contribution < -0.4 is 5.32 Å². The number of nitrogens with one attached hydrogen (secondary N) is 1. The Hall–Kier alpha value is -1.63. The van der Waals surface area contributed by atoms with Gasteiger partial charge in [-0.15, -0.1) is 0 Å². The van der Waals surface area contributed by atoms with Crippen molar-refractivity contribution in [1.29, 1.82) is 0 Å². The summed E-state index contributed by atoms with van der Waals surface area (Å²) >= 11 is 5.93. The third-order valence-corrected chi connectivity index (χ3v) is 4.72. The van der Waals surface area contributed by atoms with E-state index in [2.05, 4.69) is 27.2 Å². The first-order chi connectivity index (χ1) is 12.6. The summed E-state index contributed by atoms with van der Waals surface area (Å²) in [6.45, 7) is 10.7. The first-order valence-electron chi connectivity index (χ1n) is 9.36. The van der Waals surface area contributed by atoms with Gasteiger partial charge in [0.1, 0.15) is 0 Å². The number of benzene rings is 1. The Morgan fingerprint density at radius 1 is 1.07 bits per heavy atom. The fraction of sp³-hybridized carbons (Fsp3) is 0.600. The van der Waals surface area contributed by atoms with E-state index in [9.17, 15) is 9.59 Å². The fourth-order valence-electron chi connectivity index (χ4n) is 3.03. The Kier molecular flexibility index (Phi) is 7.65. The van der Waals surface area contributed by atoms with Crippen LogP contribution in [0.4, 0.5) is 0 Å². The van der Waals surface area contributed by atoms with Crippen molar-refractivity contribution in [1.82, 2.24) is 20.0 Å². The Morgan fingerprint density at radius 3 is 2.19 bits per heavy atom. The Balaban J connectivity index is 1.72. The Morgan fingerprint density at radius 2 is 1.63 bits per heavy atom. The van der Waals surface area contributed by atoms with Crippen LogP contribution in [-0.4, -0.2) is 78.4 Å². The van der Waals surface area contributed by atoms with Gasteiger partial charge >= 0.3 is 0 Å². The minimum absolute atomic E-state index is 0.0230. The Labute approximate surface area is 167 Å². The molecular weight excluding hydrogens is 364 g/mol. The molecule has 0 saturated carbocycles. The summed E-state index contributed by atoms with van der Waals surface area (Å²) in [5.41, 5.74) is 0.954. The predicted molar refractivity (Wildman–Crippen MR) is 109 cm³/mol. The van der Waals surface area contributed by atoms with Crippen molar-refractivity contribution < 1.29 is 9.59 Å².